The van der Waals surface area contributed by atoms with E-state index >= 15 is 0 Å². The number of amides is 2. The quantitative estimate of drug-likeness (QED) is 0.678. The first-order valence-electron chi connectivity index (χ1n) is 10.5. The zero-order valence-electron chi connectivity index (χ0n) is 17.4. The predicted molar refractivity (Wildman–Crippen MR) is 116 cm³/mol. The van der Waals surface area contributed by atoms with Crippen LogP contribution in [0.2, 0.25) is 0 Å². The van der Waals surface area contributed by atoms with Gasteiger partial charge in [-0.2, -0.15) is 0 Å². The number of carbonyl (C=O) groups is 2. The van der Waals surface area contributed by atoms with Crippen LogP contribution in [-0.2, 0) is 16.1 Å². The number of ether oxygens (including phenoxy) is 1. The number of thiazole rings is 1. The molecule has 0 bridgehead atoms. The summed E-state index contributed by atoms with van der Waals surface area (Å²) in [7, 11) is 1.66. The first-order valence-corrected chi connectivity index (χ1v) is 11.4. The summed E-state index contributed by atoms with van der Waals surface area (Å²) in [4.78, 5) is 35.0. The Labute approximate surface area is 181 Å². The van der Waals surface area contributed by atoms with Crippen molar-refractivity contribution in [2.24, 2.45) is 0 Å². The summed E-state index contributed by atoms with van der Waals surface area (Å²) < 4.78 is 5.21. The smallest absolute Gasteiger partial charge is 0.224 e. The molecule has 0 radical (unpaired) electrons. The Kier molecular flexibility index (Phi) is 6.64. The summed E-state index contributed by atoms with van der Waals surface area (Å²) >= 11 is 1.65. The molecular weight excluding hydrogens is 400 g/mol. The molecule has 0 atom stereocenters. The van der Waals surface area contributed by atoms with Crippen molar-refractivity contribution in [2.45, 2.75) is 25.8 Å². The average molecular weight is 429 g/mol. The fraction of sp³-hybridized carbons (Fsp3) is 0.500. The van der Waals surface area contributed by atoms with Gasteiger partial charge in [0.2, 0.25) is 11.8 Å². The SMILES string of the molecule is COc1ccc(-c2nc(CN3CCN(C(=O)CCN4CCCC4=O)CC3)cs2)cc1. The van der Waals surface area contributed by atoms with Crippen molar-refractivity contribution in [3.05, 3.63) is 35.3 Å². The summed E-state index contributed by atoms with van der Waals surface area (Å²) in [6, 6.07) is 7.96. The molecule has 1 aromatic carbocycles. The van der Waals surface area contributed by atoms with Crippen molar-refractivity contribution >= 4 is 23.2 Å². The van der Waals surface area contributed by atoms with Crippen LogP contribution in [0.4, 0.5) is 0 Å². The van der Waals surface area contributed by atoms with E-state index in [1.165, 1.54) is 0 Å². The van der Waals surface area contributed by atoms with Crippen molar-refractivity contribution in [1.29, 1.82) is 0 Å². The van der Waals surface area contributed by atoms with Gasteiger partial charge < -0.3 is 14.5 Å². The fourth-order valence-corrected chi connectivity index (χ4v) is 4.78. The van der Waals surface area contributed by atoms with E-state index in [1.54, 1.807) is 18.4 Å². The number of hydrogen-bond acceptors (Lipinski definition) is 6. The van der Waals surface area contributed by atoms with Crippen LogP contribution in [0.3, 0.4) is 0 Å². The monoisotopic (exact) mass is 428 g/mol. The van der Waals surface area contributed by atoms with Crippen LogP contribution in [0.5, 0.6) is 5.75 Å². The maximum absolute atomic E-state index is 12.5. The van der Waals surface area contributed by atoms with Crippen LogP contribution >= 0.6 is 11.3 Å². The van der Waals surface area contributed by atoms with Crippen molar-refractivity contribution in [1.82, 2.24) is 19.7 Å². The zero-order chi connectivity index (χ0) is 20.9. The Morgan fingerprint density at radius 1 is 1.13 bits per heavy atom. The maximum atomic E-state index is 12.5. The van der Waals surface area contributed by atoms with E-state index in [9.17, 15) is 9.59 Å². The van der Waals surface area contributed by atoms with Gasteiger partial charge in [-0.3, -0.25) is 14.5 Å². The number of rotatable bonds is 7. The van der Waals surface area contributed by atoms with E-state index in [4.69, 9.17) is 9.72 Å². The molecule has 2 saturated heterocycles. The van der Waals surface area contributed by atoms with Crippen molar-refractivity contribution in [3.63, 3.8) is 0 Å². The van der Waals surface area contributed by atoms with Gasteiger partial charge in [-0.25, -0.2) is 4.98 Å². The molecule has 2 amide bonds. The highest BCUT2D eigenvalue weighted by molar-refractivity contribution is 7.13. The van der Waals surface area contributed by atoms with Gasteiger partial charge in [-0.05, 0) is 30.7 Å². The Morgan fingerprint density at radius 3 is 2.57 bits per heavy atom. The van der Waals surface area contributed by atoms with Crippen molar-refractivity contribution < 1.29 is 14.3 Å². The normalized spacial score (nSPS) is 17.6. The fourth-order valence-electron chi connectivity index (χ4n) is 3.96. The molecule has 7 nitrogen and oxygen atoms in total. The van der Waals surface area contributed by atoms with Gasteiger partial charge in [0, 0.05) is 69.6 Å². The average Bonchev–Trinajstić information content (AvgIpc) is 3.41. The third kappa shape index (κ3) is 4.99. The first kappa shape index (κ1) is 20.8. The standard InChI is InChI=1S/C22H28N4O3S/c1-29-19-6-4-17(5-7-19)22-23-18(16-30-22)15-24-11-13-26(14-12-24)21(28)8-10-25-9-2-3-20(25)27/h4-7,16H,2-3,8-15H2,1H3. The van der Waals surface area contributed by atoms with Gasteiger partial charge in [0.15, 0.2) is 0 Å². The number of carbonyl (C=O) groups excluding carboxylic acids is 2. The van der Waals surface area contributed by atoms with Crippen LogP contribution in [0.15, 0.2) is 29.6 Å². The number of benzene rings is 1. The third-order valence-corrected chi connectivity index (χ3v) is 6.71. The lowest BCUT2D eigenvalue weighted by Crippen LogP contribution is -2.48. The van der Waals surface area contributed by atoms with E-state index in [0.717, 1.165) is 67.7 Å². The second-order valence-corrected chi connectivity index (χ2v) is 8.62. The Hall–Kier alpha value is -2.45. The highest BCUT2D eigenvalue weighted by Crippen LogP contribution is 2.26. The minimum absolute atomic E-state index is 0.157. The van der Waals surface area contributed by atoms with Crippen LogP contribution in [0.1, 0.15) is 25.0 Å². The van der Waals surface area contributed by atoms with Gasteiger partial charge in [0.25, 0.3) is 0 Å². The lowest BCUT2D eigenvalue weighted by atomic mass is 10.2. The first-order chi connectivity index (χ1) is 14.6. The molecule has 0 spiro atoms. The maximum Gasteiger partial charge on any atom is 0.224 e. The van der Waals surface area contributed by atoms with E-state index < -0.39 is 0 Å². The summed E-state index contributed by atoms with van der Waals surface area (Å²) in [5.74, 6) is 1.18. The molecule has 2 aliphatic heterocycles. The van der Waals surface area contributed by atoms with E-state index in [0.29, 0.717) is 19.4 Å². The second-order valence-electron chi connectivity index (χ2n) is 7.76. The van der Waals surface area contributed by atoms with E-state index in [1.807, 2.05) is 34.1 Å². The summed E-state index contributed by atoms with van der Waals surface area (Å²) in [6.07, 6.45) is 1.98. The van der Waals surface area contributed by atoms with Gasteiger partial charge in [0.1, 0.15) is 10.8 Å². The second kappa shape index (κ2) is 9.57. The van der Waals surface area contributed by atoms with Crippen LogP contribution < -0.4 is 4.74 Å². The van der Waals surface area contributed by atoms with Crippen LogP contribution in [0.25, 0.3) is 10.6 Å². The van der Waals surface area contributed by atoms with Gasteiger partial charge in [0.05, 0.1) is 12.8 Å². The topological polar surface area (TPSA) is 66.0 Å². The predicted octanol–water partition coefficient (Wildman–Crippen LogP) is 2.48. The molecule has 4 rings (SSSR count). The van der Waals surface area contributed by atoms with Gasteiger partial charge in [-0.15, -0.1) is 11.3 Å². The van der Waals surface area contributed by atoms with Gasteiger partial charge in [-0.1, -0.05) is 0 Å². The minimum atomic E-state index is 0.157. The summed E-state index contributed by atoms with van der Waals surface area (Å²) in [5.41, 5.74) is 2.16. The molecule has 0 saturated carbocycles. The summed E-state index contributed by atoms with van der Waals surface area (Å²) in [5, 5.41) is 3.13. The molecule has 2 aliphatic rings. The highest BCUT2D eigenvalue weighted by Gasteiger charge is 2.24. The number of methoxy groups -OCH3 is 1. The molecule has 3 heterocycles. The van der Waals surface area contributed by atoms with Crippen LogP contribution in [-0.4, -0.2) is 77.9 Å². The van der Waals surface area contributed by atoms with Crippen molar-refractivity contribution in [2.75, 3.05) is 46.4 Å². The molecule has 2 aromatic rings. The largest absolute Gasteiger partial charge is 0.497 e. The molecule has 0 N–H and O–H groups in total. The molecule has 2 fully saturated rings. The van der Waals surface area contributed by atoms with Gasteiger partial charge >= 0.3 is 0 Å². The third-order valence-electron chi connectivity index (χ3n) is 5.77. The molecule has 8 heteroatoms. The van der Waals surface area contributed by atoms with Crippen LogP contribution in [0, 0.1) is 0 Å². The number of piperazine rings is 1. The highest BCUT2D eigenvalue weighted by atomic mass is 32.1. The Bertz CT molecular complexity index is 875. The zero-order valence-corrected chi connectivity index (χ0v) is 18.2. The molecule has 1 aromatic heterocycles. The number of likely N-dealkylation sites (tertiary alicyclic amines) is 1. The number of nitrogens with zero attached hydrogens (tertiary/aromatic N) is 4. The summed E-state index contributed by atoms with van der Waals surface area (Å²) in [6.45, 7) is 5.34. The Morgan fingerprint density at radius 2 is 1.90 bits per heavy atom. The Balaban J connectivity index is 1.23. The minimum Gasteiger partial charge on any atom is -0.497 e. The molecule has 160 valence electrons. The van der Waals surface area contributed by atoms with E-state index in [-0.39, 0.29) is 11.8 Å². The number of aromatic nitrogens is 1. The van der Waals surface area contributed by atoms with E-state index in [2.05, 4.69) is 10.3 Å². The van der Waals surface area contributed by atoms with Crippen molar-refractivity contribution in [3.8, 4) is 16.3 Å². The molecule has 30 heavy (non-hydrogen) atoms. The molecule has 0 unspecified atom stereocenters. The molecular formula is C22H28N4O3S. The molecule has 0 aliphatic carbocycles. The lowest BCUT2D eigenvalue weighted by molar-refractivity contribution is -0.134. The number of hydrogen-bond donors (Lipinski definition) is 0. The lowest BCUT2D eigenvalue weighted by Gasteiger charge is -2.34.